The van der Waals surface area contributed by atoms with E-state index in [9.17, 15) is 4.79 Å². The highest BCUT2D eigenvalue weighted by molar-refractivity contribution is 14.1. The molecular weight excluding hydrogens is 355 g/mol. The van der Waals surface area contributed by atoms with Gasteiger partial charge in [-0.3, -0.25) is 0 Å². The van der Waals surface area contributed by atoms with Crippen molar-refractivity contribution in [3.63, 3.8) is 0 Å². The molecule has 1 aromatic rings. The van der Waals surface area contributed by atoms with Gasteiger partial charge in [-0.25, -0.2) is 4.79 Å². The summed E-state index contributed by atoms with van der Waals surface area (Å²) < 4.78 is 11.6. The van der Waals surface area contributed by atoms with E-state index in [0.29, 0.717) is 5.75 Å². The van der Waals surface area contributed by atoms with Gasteiger partial charge in [0.15, 0.2) is 0 Å². The zero-order valence-electron chi connectivity index (χ0n) is 10.7. The molecule has 0 N–H and O–H groups in total. The molecule has 3 nitrogen and oxygen atoms in total. The number of rotatable bonds is 2. The van der Waals surface area contributed by atoms with Crippen molar-refractivity contribution in [1.82, 2.24) is 0 Å². The van der Waals surface area contributed by atoms with Crippen LogP contribution in [0, 0.1) is 3.57 Å². The van der Waals surface area contributed by atoms with Crippen LogP contribution in [-0.4, -0.2) is 12.3 Å². The topological polar surface area (TPSA) is 35.5 Å². The third-order valence-corrected chi connectivity index (χ3v) is 3.69. The van der Waals surface area contributed by atoms with Gasteiger partial charge in [0.05, 0.1) is 0 Å². The number of ether oxygens (including phenoxy) is 2. The normalized spacial score (nSPS) is 21.0. The minimum absolute atomic E-state index is 0.156. The van der Waals surface area contributed by atoms with E-state index in [1.807, 2.05) is 18.2 Å². The molecule has 102 valence electrons. The Morgan fingerprint density at radius 3 is 2.74 bits per heavy atom. The molecule has 0 aromatic heterocycles. The highest BCUT2D eigenvalue weighted by Crippen LogP contribution is 2.17. The van der Waals surface area contributed by atoms with E-state index in [-0.39, 0.29) is 6.10 Å². The Hall–Kier alpha value is -1.04. The summed E-state index contributed by atoms with van der Waals surface area (Å²) in [5, 5.41) is 0. The van der Waals surface area contributed by atoms with Crippen LogP contribution in [0.15, 0.2) is 36.4 Å². The van der Waals surface area contributed by atoms with Gasteiger partial charge in [0.25, 0.3) is 0 Å². The minimum atomic E-state index is -0.628. The van der Waals surface area contributed by atoms with Gasteiger partial charge in [0.1, 0.15) is 11.9 Å². The monoisotopic (exact) mass is 372 g/mol. The van der Waals surface area contributed by atoms with Crippen LogP contribution in [0.3, 0.4) is 0 Å². The molecule has 19 heavy (non-hydrogen) atoms. The summed E-state index contributed by atoms with van der Waals surface area (Å²) in [6.45, 7) is 0. The van der Waals surface area contributed by atoms with Crippen LogP contribution >= 0.6 is 22.6 Å². The van der Waals surface area contributed by atoms with Crippen molar-refractivity contribution in [1.29, 1.82) is 0 Å². The van der Waals surface area contributed by atoms with E-state index in [4.69, 9.17) is 9.47 Å². The number of carbonyl (C=O) groups is 1. The molecule has 0 amide bonds. The Bertz CT molecular complexity index is 439. The molecule has 1 unspecified atom stereocenters. The Kier molecular flexibility index (Phi) is 5.69. The van der Waals surface area contributed by atoms with Crippen LogP contribution in [0.5, 0.6) is 5.75 Å². The van der Waals surface area contributed by atoms with Crippen LogP contribution < -0.4 is 4.74 Å². The predicted molar refractivity (Wildman–Crippen MR) is 82.3 cm³/mol. The van der Waals surface area contributed by atoms with Crippen molar-refractivity contribution in [3.05, 3.63) is 40.0 Å². The van der Waals surface area contributed by atoms with E-state index in [1.165, 1.54) is 12.8 Å². The molecule has 0 saturated heterocycles. The van der Waals surface area contributed by atoms with E-state index in [2.05, 4.69) is 28.7 Å². The number of hydrogen-bond donors (Lipinski definition) is 0. The van der Waals surface area contributed by atoms with Gasteiger partial charge in [-0.05, 0) is 78.6 Å². The maximum Gasteiger partial charge on any atom is 0.514 e. The molecule has 0 radical (unpaired) electrons. The number of benzene rings is 1. The number of hydrogen-bond acceptors (Lipinski definition) is 3. The average molecular weight is 372 g/mol. The summed E-state index contributed by atoms with van der Waals surface area (Å²) in [4.78, 5) is 11.7. The lowest BCUT2D eigenvalue weighted by Crippen LogP contribution is -2.19. The van der Waals surface area contributed by atoms with E-state index >= 15 is 0 Å². The summed E-state index contributed by atoms with van der Waals surface area (Å²) >= 11 is 2.20. The third kappa shape index (κ3) is 5.22. The number of allylic oxidation sites excluding steroid dienone is 1. The van der Waals surface area contributed by atoms with Crippen molar-refractivity contribution < 1.29 is 14.3 Å². The first-order valence-corrected chi connectivity index (χ1v) is 7.62. The minimum Gasteiger partial charge on any atom is -0.426 e. The quantitative estimate of drug-likeness (QED) is 0.327. The number of carbonyl (C=O) groups excluding carboxylic acids is 1. The second-order valence-corrected chi connectivity index (χ2v) is 5.77. The first-order valence-electron chi connectivity index (χ1n) is 6.55. The molecule has 1 aromatic carbocycles. The maximum absolute atomic E-state index is 11.7. The van der Waals surface area contributed by atoms with Gasteiger partial charge >= 0.3 is 6.16 Å². The van der Waals surface area contributed by atoms with Crippen LogP contribution in [0.25, 0.3) is 0 Å². The fourth-order valence-electron chi connectivity index (χ4n) is 1.97. The fourth-order valence-corrected chi connectivity index (χ4v) is 2.33. The van der Waals surface area contributed by atoms with Crippen LogP contribution in [0.2, 0.25) is 0 Å². The van der Waals surface area contributed by atoms with Crippen molar-refractivity contribution >= 4 is 28.7 Å². The van der Waals surface area contributed by atoms with Crippen LogP contribution in [0.4, 0.5) is 4.79 Å². The Morgan fingerprint density at radius 1 is 1.16 bits per heavy atom. The second-order valence-electron chi connectivity index (χ2n) is 4.53. The van der Waals surface area contributed by atoms with E-state index < -0.39 is 6.16 Å². The van der Waals surface area contributed by atoms with Crippen molar-refractivity contribution in [2.75, 3.05) is 0 Å². The van der Waals surface area contributed by atoms with Gasteiger partial charge < -0.3 is 9.47 Å². The summed E-state index contributed by atoms with van der Waals surface area (Å²) in [6.07, 6.45) is 8.70. The van der Waals surface area contributed by atoms with Gasteiger partial charge in [0.2, 0.25) is 0 Å². The zero-order valence-corrected chi connectivity index (χ0v) is 12.8. The van der Waals surface area contributed by atoms with Crippen molar-refractivity contribution in [2.45, 2.75) is 38.2 Å². The maximum atomic E-state index is 11.7. The van der Waals surface area contributed by atoms with Crippen molar-refractivity contribution in [3.8, 4) is 5.75 Å². The molecule has 1 aliphatic carbocycles. The lowest BCUT2D eigenvalue weighted by Gasteiger charge is -2.15. The lowest BCUT2D eigenvalue weighted by atomic mass is 10.0. The summed E-state index contributed by atoms with van der Waals surface area (Å²) in [6, 6.07) is 7.30. The highest BCUT2D eigenvalue weighted by atomic mass is 127. The molecule has 4 heteroatoms. The lowest BCUT2D eigenvalue weighted by molar-refractivity contribution is 0.0716. The van der Waals surface area contributed by atoms with Crippen molar-refractivity contribution in [2.24, 2.45) is 0 Å². The predicted octanol–water partition coefficient (Wildman–Crippen LogP) is 4.70. The zero-order chi connectivity index (χ0) is 13.5. The van der Waals surface area contributed by atoms with Gasteiger partial charge in [-0.15, -0.1) is 0 Å². The SMILES string of the molecule is O=C(Oc1ccc(I)cc1)OC1/C=C/CCCCC1. The Labute approximate surface area is 127 Å². The Balaban J connectivity index is 1.86. The fraction of sp³-hybridized carbons (Fsp3) is 0.400. The first-order chi connectivity index (χ1) is 9.24. The smallest absolute Gasteiger partial charge is 0.426 e. The molecule has 1 aliphatic rings. The van der Waals surface area contributed by atoms with Crippen LogP contribution in [-0.2, 0) is 4.74 Å². The average Bonchev–Trinajstić information content (AvgIpc) is 2.35. The summed E-state index contributed by atoms with van der Waals surface area (Å²) in [5.74, 6) is 0.514. The number of halogens is 1. The standard InChI is InChI=1S/C15H17IO3/c16-12-8-10-14(11-9-12)19-15(17)18-13-6-4-2-1-3-5-7-13/h4,6,8-11,13H,1-3,5,7H2/b6-4+. The molecule has 0 aliphatic heterocycles. The summed E-state index contributed by atoms with van der Waals surface area (Å²) in [7, 11) is 0. The van der Waals surface area contributed by atoms with E-state index in [0.717, 1.165) is 22.8 Å². The Morgan fingerprint density at radius 2 is 1.95 bits per heavy atom. The molecular formula is C15H17IO3. The molecule has 0 spiro atoms. The molecule has 0 fully saturated rings. The molecule has 0 saturated carbocycles. The highest BCUT2D eigenvalue weighted by Gasteiger charge is 2.14. The van der Waals surface area contributed by atoms with Gasteiger partial charge in [-0.2, -0.15) is 0 Å². The molecule has 0 bridgehead atoms. The van der Waals surface area contributed by atoms with Gasteiger partial charge in [-0.1, -0.05) is 12.5 Å². The molecule has 1 atom stereocenters. The van der Waals surface area contributed by atoms with E-state index in [1.54, 1.807) is 12.1 Å². The van der Waals surface area contributed by atoms with Crippen LogP contribution in [0.1, 0.15) is 32.1 Å². The summed E-state index contributed by atoms with van der Waals surface area (Å²) in [5.41, 5.74) is 0. The van der Waals surface area contributed by atoms with Gasteiger partial charge in [0, 0.05) is 3.57 Å². The largest absolute Gasteiger partial charge is 0.514 e. The second kappa shape index (κ2) is 7.53. The third-order valence-electron chi connectivity index (χ3n) is 2.97. The molecule has 0 heterocycles. The first kappa shape index (κ1) is 14.4. The molecule has 2 rings (SSSR count).